The van der Waals surface area contributed by atoms with Crippen LogP contribution in [-0.4, -0.2) is 24.2 Å². The standard InChI is InChI=1S/C12H17FN2/c13-12(11-2-1-5-15-9-11)8-10-3-6-14-7-4-10/h3-4,6-7,11-12,15H,1-2,5,8-9H2. The second kappa shape index (κ2) is 5.21. The van der Waals surface area contributed by atoms with Gasteiger partial charge in [0.05, 0.1) is 0 Å². The summed E-state index contributed by atoms with van der Waals surface area (Å²) in [6, 6.07) is 3.78. The number of rotatable bonds is 3. The fourth-order valence-corrected chi connectivity index (χ4v) is 2.10. The van der Waals surface area contributed by atoms with Crippen molar-refractivity contribution < 1.29 is 4.39 Å². The van der Waals surface area contributed by atoms with Crippen LogP contribution in [-0.2, 0) is 6.42 Å². The third kappa shape index (κ3) is 2.99. The Morgan fingerprint density at radius 2 is 2.27 bits per heavy atom. The monoisotopic (exact) mass is 208 g/mol. The van der Waals surface area contributed by atoms with Gasteiger partial charge < -0.3 is 5.32 Å². The van der Waals surface area contributed by atoms with Gasteiger partial charge in [-0.3, -0.25) is 4.98 Å². The lowest BCUT2D eigenvalue weighted by molar-refractivity contribution is 0.191. The number of hydrogen-bond acceptors (Lipinski definition) is 2. The van der Waals surface area contributed by atoms with Gasteiger partial charge in [0.15, 0.2) is 0 Å². The highest BCUT2D eigenvalue weighted by molar-refractivity contribution is 5.11. The topological polar surface area (TPSA) is 24.9 Å². The lowest BCUT2D eigenvalue weighted by Crippen LogP contribution is -2.35. The molecular weight excluding hydrogens is 191 g/mol. The third-order valence-corrected chi connectivity index (χ3v) is 3.03. The molecule has 1 fully saturated rings. The van der Waals surface area contributed by atoms with Gasteiger partial charge in [0.25, 0.3) is 0 Å². The number of nitrogens with zero attached hydrogens (tertiary/aromatic N) is 1. The molecule has 0 bridgehead atoms. The SMILES string of the molecule is FC(Cc1ccncc1)C1CCCNC1. The maximum Gasteiger partial charge on any atom is 0.108 e. The number of pyridine rings is 1. The summed E-state index contributed by atoms with van der Waals surface area (Å²) in [6.45, 7) is 1.87. The maximum atomic E-state index is 13.9. The van der Waals surface area contributed by atoms with Crippen LogP contribution in [0, 0.1) is 5.92 Å². The number of nitrogens with one attached hydrogen (secondary N) is 1. The van der Waals surface area contributed by atoms with E-state index in [0.29, 0.717) is 6.42 Å². The number of piperidine rings is 1. The summed E-state index contributed by atoms with van der Waals surface area (Å²) in [5.74, 6) is 0.187. The molecular formula is C12H17FN2. The van der Waals surface area contributed by atoms with Gasteiger partial charge in [-0.05, 0) is 37.1 Å². The Bertz CT molecular complexity index is 283. The molecule has 0 radical (unpaired) electrons. The number of aromatic nitrogens is 1. The molecule has 15 heavy (non-hydrogen) atoms. The lowest BCUT2D eigenvalue weighted by Gasteiger charge is -2.25. The van der Waals surface area contributed by atoms with Crippen molar-refractivity contribution in [3.05, 3.63) is 30.1 Å². The molecule has 0 saturated carbocycles. The average Bonchev–Trinajstić information content (AvgIpc) is 2.31. The molecule has 2 rings (SSSR count). The van der Waals surface area contributed by atoms with Crippen LogP contribution in [0.15, 0.2) is 24.5 Å². The first-order valence-corrected chi connectivity index (χ1v) is 5.60. The highest BCUT2D eigenvalue weighted by Gasteiger charge is 2.22. The molecule has 0 spiro atoms. The molecule has 1 aliphatic heterocycles. The van der Waals surface area contributed by atoms with E-state index in [1.165, 1.54) is 0 Å². The van der Waals surface area contributed by atoms with Crippen molar-refractivity contribution in [1.29, 1.82) is 0 Å². The van der Waals surface area contributed by atoms with E-state index in [-0.39, 0.29) is 5.92 Å². The van der Waals surface area contributed by atoms with Crippen molar-refractivity contribution in [2.45, 2.75) is 25.4 Å². The highest BCUT2D eigenvalue weighted by Crippen LogP contribution is 2.20. The molecule has 3 heteroatoms. The van der Waals surface area contributed by atoms with E-state index in [1.807, 2.05) is 12.1 Å². The van der Waals surface area contributed by atoms with Gasteiger partial charge in [0, 0.05) is 31.3 Å². The van der Waals surface area contributed by atoms with Gasteiger partial charge in [-0.25, -0.2) is 4.39 Å². The summed E-state index contributed by atoms with van der Waals surface area (Å²) in [5.41, 5.74) is 1.04. The smallest absolute Gasteiger partial charge is 0.108 e. The Hall–Kier alpha value is -0.960. The summed E-state index contributed by atoms with van der Waals surface area (Å²) < 4.78 is 13.9. The molecule has 2 atom stereocenters. The third-order valence-electron chi connectivity index (χ3n) is 3.03. The summed E-state index contributed by atoms with van der Waals surface area (Å²) in [6.07, 6.45) is 5.36. The van der Waals surface area contributed by atoms with Gasteiger partial charge >= 0.3 is 0 Å². The van der Waals surface area contributed by atoms with Crippen LogP contribution < -0.4 is 5.32 Å². The van der Waals surface area contributed by atoms with Crippen LogP contribution in [0.25, 0.3) is 0 Å². The predicted molar refractivity (Wildman–Crippen MR) is 58.4 cm³/mol. The first-order valence-electron chi connectivity index (χ1n) is 5.60. The molecule has 82 valence electrons. The molecule has 1 N–H and O–H groups in total. The van der Waals surface area contributed by atoms with Crippen LogP contribution in [0.2, 0.25) is 0 Å². The Morgan fingerprint density at radius 1 is 1.47 bits per heavy atom. The molecule has 2 nitrogen and oxygen atoms in total. The van der Waals surface area contributed by atoms with Crippen LogP contribution in [0.1, 0.15) is 18.4 Å². The number of alkyl halides is 1. The Labute approximate surface area is 89.9 Å². The van der Waals surface area contributed by atoms with Crippen molar-refractivity contribution in [1.82, 2.24) is 10.3 Å². The van der Waals surface area contributed by atoms with Gasteiger partial charge in [0.1, 0.15) is 6.17 Å². The highest BCUT2D eigenvalue weighted by atomic mass is 19.1. The van der Waals surface area contributed by atoms with Crippen molar-refractivity contribution >= 4 is 0 Å². The summed E-state index contributed by atoms with van der Waals surface area (Å²) in [5, 5.41) is 3.25. The molecule has 2 heterocycles. The molecule has 0 amide bonds. The van der Waals surface area contributed by atoms with Gasteiger partial charge in [0.2, 0.25) is 0 Å². The molecule has 1 aromatic rings. The largest absolute Gasteiger partial charge is 0.316 e. The fraction of sp³-hybridized carbons (Fsp3) is 0.583. The maximum absolute atomic E-state index is 13.9. The lowest BCUT2D eigenvalue weighted by atomic mass is 9.91. The normalized spacial score (nSPS) is 23.7. The molecule has 1 saturated heterocycles. The zero-order chi connectivity index (χ0) is 10.5. The Kier molecular flexibility index (Phi) is 3.67. The molecule has 1 aromatic heterocycles. The zero-order valence-electron chi connectivity index (χ0n) is 8.82. The number of hydrogen-bond donors (Lipinski definition) is 1. The predicted octanol–water partition coefficient (Wildman–Crippen LogP) is 1.96. The van der Waals surface area contributed by atoms with Crippen LogP contribution in [0.3, 0.4) is 0 Å². The molecule has 0 aliphatic carbocycles. The van der Waals surface area contributed by atoms with E-state index in [2.05, 4.69) is 10.3 Å². The van der Waals surface area contributed by atoms with Crippen LogP contribution in [0.4, 0.5) is 4.39 Å². The Morgan fingerprint density at radius 3 is 2.93 bits per heavy atom. The van der Waals surface area contributed by atoms with Crippen LogP contribution >= 0.6 is 0 Å². The second-order valence-corrected chi connectivity index (χ2v) is 4.18. The Balaban J connectivity index is 1.88. The average molecular weight is 208 g/mol. The van der Waals surface area contributed by atoms with E-state index in [9.17, 15) is 4.39 Å². The van der Waals surface area contributed by atoms with Crippen molar-refractivity contribution in [3.63, 3.8) is 0 Å². The van der Waals surface area contributed by atoms with Crippen molar-refractivity contribution in [2.24, 2.45) is 5.92 Å². The number of halogens is 1. The van der Waals surface area contributed by atoms with Crippen molar-refractivity contribution in [3.8, 4) is 0 Å². The second-order valence-electron chi connectivity index (χ2n) is 4.18. The molecule has 0 aromatic carbocycles. The van der Waals surface area contributed by atoms with Gasteiger partial charge in [-0.2, -0.15) is 0 Å². The minimum Gasteiger partial charge on any atom is -0.316 e. The summed E-state index contributed by atoms with van der Waals surface area (Å²) >= 11 is 0. The van der Waals surface area contributed by atoms with E-state index >= 15 is 0 Å². The molecule has 1 aliphatic rings. The quantitative estimate of drug-likeness (QED) is 0.821. The van der Waals surface area contributed by atoms with Gasteiger partial charge in [-0.15, -0.1) is 0 Å². The van der Waals surface area contributed by atoms with E-state index in [0.717, 1.165) is 31.5 Å². The summed E-state index contributed by atoms with van der Waals surface area (Å²) in [4.78, 5) is 3.93. The molecule has 2 unspecified atom stereocenters. The van der Waals surface area contributed by atoms with Crippen molar-refractivity contribution in [2.75, 3.05) is 13.1 Å². The first kappa shape index (κ1) is 10.6. The van der Waals surface area contributed by atoms with Crippen LogP contribution in [0.5, 0.6) is 0 Å². The minimum atomic E-state index is -0.722. The minimum absolute atomic E-state index is 0.187. The van der Waals surface area contributed by atoms with E-state index in [4.69, 9.17) is 0 Å². The first-order chi connectivity index (χ1) is 7.36. The zero-order valence-corrected chi connectivity index (χ0v) is 8.82. The van der Waals surface area contributed by atoms with Gasteiger partial charge in [-0.1, -0.05) is 0 Å². The summed E-state index contributed by atoms with van der Waals surface area (Å²) in [7, 11) is 0. The van der Waals surface area contributed by atoms with E-state index in [1.54, 1.807) is 12.4 Å². The van der Waals surface area contributed by atoms with E-state index < -0.39 is 6.17 Å². The fourth-order valence-electron chi connectivity index (χ4n) is 2.10.